The Morgan fingerprint density at radius 2 is 1.07 bits per heavy atom. The van der Waals surface area contributed by atoms with Crippen molar-refractivity contribution in [1.29, 1.82) is 0 Å². The van der Waals surface area contributed by atoms with E-state index in [9.17, 15) is 9.59 Å². The molecule has 0 aliphatic heterocycles. The summed E-state index contributed by atoms with van der Waals surface area (Å²) in [4.78, 5) is 26.9. The molecule has 2 aromatic carbocycles. The van der Waals surface area contributed by atoms with Crippen LogP contribution in [0.2, 0.25) is 0 Å². The molecule has 0 saturated carbocycles. The van der Waals surface area contributed by atoms with Crippen LogP contribution in [0.25, 0.3) is 0 Å². The van der Waals surface area contributed by atoms with E-state index in [4.69, 9.17) is 18.9 Å². The van der Waals surface area contributed by atoms with E-state index in [1.54, 1.807) is 49.7 Å². The number of hydrogen-bond acceptors (Lipinski definition) is 6. The van der Waals surface area contributed by atoms with Gasteiger partial charge in [0.15, 0.2) is 11.6 Å². The standard InChI is InChI=1S/C22H25O6/c1-6-9-14(21(23)19-15(25-2)10-7-11-16(19)26-3)22(24)20-17(27-4)12-8-13-18(20)28-5/h6-8,10-14H,9H2,1-5H3. The van der Waals surface area contributed by atoms with Crippen molar-refractivity contribution in [2.24, 2.45) is 5.92 Å². The molecule has 149 valence electrons. The fraction of sp³-hybridized carbons (Fsp3) is 0.318. The van der Waals surface area contributed by atoms with Crippen LogP contribution < -0.4 is 18.9 Å². The van der Waals surface area contributed by atoms with Crippen molar-refractivity contribution < 1.29 is 28.5 Å². The molecule has 0 heterocycles. The lowest BCUT2D eigenvalue weighted by molar-refractivity contribution is 0.0799. The monoisotopic (exact) mass is 385 g/mol. The summed E-state index contributed by atoms with van der Waals surface area (Å²) in [6.07, 6.45) is 2.03. The Labute approximate surface area is 165 Å². The Morgan fingerprint density at radius 1 is 0.750 bits per heavy atom. The zero-order valence-corrected chi connectivity index (χ0v) is 16.8. The molecule has 0 bridgehead atoms. The lowest BCUT2D eigenvalue weighted by Crippen LogP contribution is -2.26. The van der Waals surface area contributed by atoms with Crippen molar-refractivity contribution in [2.75, 3.05) is 28.4 Å². The minimum absolute atomic E-state index is 0.238. The summed E-state index contributed by atoms with van der Waals surface area (Å²) in [5.74, 6) is -0.331. The molecule has 6 heteroatoms. The fourth-order valence-corrected chi connectivity index (χ4v) is 3.11. The minimum Gasteiger partial charge on any atom is -0.496 e. The normalized spacial score (nSPS) is 10.5. The summed E-state index contributed by atoms with van der Waals surface area (Å²) < 4.78 is 21.4. The second kappa shape index (κ2) is 9.78. The van der Waals surface area contributed by atoms with E-state index < -0.39 is 5.92 Å². The van der Waals surface area contributed by atoms with Gasteiger partial charge in [0.2, 0.25) is 0 Å². The van der Waals surface area contributed by atoms with E-state index in [0.29, 0.717) is 23.0 Å². The Kier molecular flexibility index (Phi) is 7.44. The van der Waals surface area contributed by atoms with Gasteiger partial charge in [-0.15, -0.1) is 0 Å². The molecule has 0 aliphatic carbocycles. The van der Waals surface area contributed by atoms with Gasteiger partial charge in [-0.3, -0.25) is 9.59 Å². The van der Waals surface area contributed by atoms with Crippen LogP contribution in [0, 0.1) is 12.3 Å². The second-order valence-corrected chi connectivity index (χ2v) is 6.00. The van der Waals surface area contributed by atoms with Crippen LogP contribution in [0.15, 0.2) is 36.4 Å². The molecule has 2 rings (SSSR count). The number of ether oxygens (including phenoxy) is 4. The van der Waals surface area contributed by atoms with Crippen LogP contribution in [-0.2, 0) is 0 Å². The first-order chi connectivity index (χ1) is 13.5. The van der Waals surface area contributed by atoms with E-state index in [1.165, 1.54) is 28.4 Å². The molecule has 0 N–H and O–H groups in total. The molecule has 0 aromatic heterocycles. The van der Waals surface area contributed by atoms with Crippen LogP contribution in [-0.4, -0.2) is 40.0 Å². The predicted octanol–water partition coefficient (Wildman–Crippen LogP) is 4.02. The minimum atomic E-state index is -0.972. The highest BCUT2D eigenvalue weighted by molar-refractivity contribution is 6.19. The quantitative estimate of drug-likeness (QED) is 0.454. The Bertz CT molecular complexity index is 731. The topological polar surface area (TPSA) is 71.1 Å². The van der Waals surface area contributed by atoms with Gasteiger partial charge in [0.25, 0.3) is 0 Å². The van der Waals surface area contributed by atoms with E-state index in [2.05, 4.69) is 0 Å². The third kappa shape index (κ3) is 4.11. The molecule has 0 spiro atoms. The van der Waals surface area contributed by atoms with Crippen LogP contribution in [0.3, 0.4) is 0 Å². The van der Waals surface area contributed by atoms with Gasteiger partial charge in [-0.05, 0) is 37.1 Å². The summed E-state index contributed by atoms with van der Waals surface area (Å²) in [5, 5.41) is 0. The lowest BCUT2D eigenvalue weighted by Gasteiger charge is -2.20. The average molecular weight is 385 g/mol. The van der Waals surface area contributed by atoms with Crippen molar-refractivity contribution in [3.05, 3.63) is 53.9 Å². The first kappa shape index (κ1) is 21.3. The van der Waals surface area contributed by atoms with Gasteiger partial charge in [-0.1, -0.05) is 19.1 Å². The third-order valence-electron chi connectivity index (χ3n) is 4.45. The smallest absolute Gasteiger partial charge is 0.181 e. The largest absolute Gasteiger partial charge is 0.496 e. The number of ketones is 2. The zero-order chi connectivity index (χ0) is 20.7. The summed E-state index contributed by atoms with van der Waals surface area (Å²) in [7, 11) is 5.88. The predicted molar refractivity (Wildman–Crippen MR) is 106 cm³/mol. The maximum atomic E-state index is 13.4. The van der Waals surface area contributed by atoms with E-state index >= 15 is 0 Å². The van der Waals surface area contributed by atoms with Crippen molar-refractivity contribution in [1.82, 2.24) is 0 Å². The van der Waals surface area contributed by atoms with Crippen LogP contribution in [0.5, 0.6) is 23.0 Å². The molecule has 1 radical (unpaired) electrons. The number of carbonyl (C=O) groups is 2. The number of rotatable bonds is 10. The SMILES string of the molecule is C[CH]CC(C(=O)c1c(OC)cccc1OC)C(=O)c1c(OC)cccc1OC. The maximum absolute atomic E-state index is 13.4. The molecular formula is C22H25O6. The van der Waals surface area contributed by atoms with Gasteiger partial charge in [-0.25, -0.2) is 0 Å². The van der Waals surface area contributed by atoms with E-state index in [-0.39, 0.29) is 29.1 Å². The first-order valence-electron chi connectivity index (χ1n) is 8.82. The van der Waals surface area contributed by atoms with Gasteiger partial charge in [0.05, 0.1) is 34.4 Å². The van der Waals surface area contributed by atoms with Crippen LogP contribution >= 0.6 is 0 Å². The van der Waals surface area contributed by atoms with Gasteiger partial charge >= 0.3 is 0 Å². The molecule has 6 nitrogen and oxygen atoms in total. The average Bonchev–Trinajstić information content (AvgIpc) is 2.75. The molecule has 28 heavy (non-hydrogen) atoms. The Hall–Kier alpha value is -3.02. The summed E-state index contributed by atoms with van der Waals surface area (Å²) in [5.41, 5.74) is 0.475. The molecule has 0 amide bonds. The maximum Gasteiger partial charge on any atom is 0.181 e. The summed E-state index contributed by atoms with van der Waals surface area (Å²) in [6, 6.07) is 10.1. The van der Waals surface area contributed by atoms with Gasteiger partial charge < -0.3 is 18.9 Å². The molecule has 2 aromatic rings. The number of Topliss-reactive ketones (excluding diaryl/α,β-unsaturated/α-hetero) is 2. The number of carbonyl (C=O) groups excluding carboxylic acids is 2. The molecule has 0 saturated heterocycles. The Morgan fingerprint density at radius 3 is 1.32 bits per heavy atom. The summed E-state index contributed by atoms with van der Waals surface area (Å²) >= 11 is 0. The fourth-order valence-electron chi connectivity index (χ4n) is 3.11. The van der Waals surface area contributed by atoms with E-state index in [0.717, 1.165) is 0 Å². The van der Waals surface area contributed by atoms with Crippen molar-refractivity contribution in [3.8, 4) is 23.0 Å². The molecular weight excluding hydrogens is 360 g/mol. The second-order valence-electron chi connectivity index (χ2n) is 6.00. The number of benzene rings is 2. The summed E-state index contributed by atoms with van der Waals surface area (Å²) in [6.45, 7) is 1.80. The highest BCUT2D eigenvalue weighted by atomic mass is 16.5. The van der Waals surface area contributed by atoms with Gasteiger partial charge in [0.1, 0.15) is 34.1 Å². The first-order valence-corrected chi connectivity index (χ1v) is 8.82. The zero-order valence-electron chi connectivity index (χ0n) is 16.8. The van der Waals surface area contributed by atoms with Gasteiger partial charge in [0, 0.05) is 0 Å². The molecule has 0 atom stereocenters. The highest BCUT2D eigenvalue weighted by Gasteiger charge is 2.34. The molecule has 0 aliphatic rings. The molecule has 0 fully saturated rings. The highest BCUT2D eigenvalue weighted by Crippen LogP contribution is 2.36. The van der Waals surface area contributed by atoms with Crippen LogP contribution in [0.1, 0.15) is 34.1 Å². The van der Waals surface area contributed by atoms with Crippen molar-refractivity contribution in [2.45, 2.75) is 13.3 Å². The third-order valence-corrected chi connectivity index (χ3v) is 4.45. The lowest BCUT2D eigenvalue weighted by atomic mass is 9.85. The number of methoxy groups -OCH3 is 4. The van der Waals surface area contributed by atoms with Crippen molar-refractivity contribution in [3.63, 3.8) is 0 Å². The van der Waals surface area contributed by atoms with E-state index in [1.807, 2.05) is 0 Å². The van der Waals surface area contributed by atoms with Crippen LogP contribution in [0.4, 0.5) is 0 Å². The molecule has 0 unspecified atom stereocenters. The van der Waals surface area contributed by atoms with Gasteiger partial charge in [-0.2, -0.15) is 0 Å². The Balaban J connectivity index is 2.59. The number of hydrogen-bond donors (Lipinski definition) is 0. The van der Waals surface area contributed by atoms with Crippen molar-refractivity contribution >= 4 is 11.6 Å².